The number of nitrogens with two attached hydrogens (primary N) is 1. The highest BCUT2D eigenvalue weighted by atomic mass is 16.2. The minimum Gasteiger partial charge on any atom is -0.351 e. The summed E-state index contributed by atoms with van der Waals surface area (Å²) in [6.07, 6.45) is 6.39. The summed E-state index contributed by atoms with van der Waals surface area (Å²) in [5.41, 5.74) is 4.98. The molecule has 1 heterocycles. The Balaban J connectivity index is 2.90. The average Bonchev–Trinajstić information content (AvgIpc) is 2.15. The van der Waals surface area contributed by atoms with Crippen molar-refractivity contribution in [1.82, 2.24) is 4.90 Å². The van der Waals surface area contributed by atoms with Gasteiger partial charge in [0.1, 0.15) is 0 Å². The normalized spacial score (nSPS) is 22.6. The van der Waals surface area contributed by atoms with Crippen LogP contribution in [-0.2, 0) is 4.79 Å². The number of urea groups is 1. The van der Waals surface area contributed by atoms with Gasteiger partial charge in [-0.2, -0.15) is 0 Å². The molecule has 0 aromatic carbocycles. The van der Waals surface area contributed by atoms with Gasteiger partial charge in [-0.1, -0.05) is 19.1 Å². The van der Waals surface area contributed by atoms with E-state index in [-0.39, 0.29) is 11.8 Å². The minimum atomic E-state index is -0.744. The van der Waals surface area contributed by atoms with Gasteiger partial charge in [-0.3, -0.25) is 4.79 Å². The molecule has 1 unspecified atom stereocenters. The standard InChI is InChI=1S/C8H10N2O2/c1-6-4-2-3-5-10(7(6)11)8(9)12/h2-6H,1H3,(H2,9,12). The van der Waals surface area contributed by atoms with Gasteiger partial charge in [-0.15, -0.1) is 0 Å². The summed E-state index contributed by atoms with van der Waals surface area (Å²) in [7, 11) is 0. The van der Waals surface area contributed by atoms with Crippen molar-refractivity contribution in [3.8, 4) is 0 Å². The van der Waals surface area contributed by atoms with Crippen molar-refractivity contribution in [3.05, 3.63) is 24.4 Å². The van der Waals surface area contributed by atoms with Crippen LogP contribution in [0.1, 0.15) is 6.92 Å². The summed E-state index contributed by atoms with van der Waals surface area (Å²) in [6.45, 7) is 1.71. The van der Waals surface area contributed by atoms with Gasteiger partial charge in [0, 0.05) is 6.20 Å². The van der Waals surface area contributed by atoms with Crippen LogP contribution in [-0.4, -0.2) is 16.8 Å². The van der Waals surface area contributed by atoms with E-state index in [4.69, 9.17) is 5.73 Å². The number of hydrogen-bond acceptors (Lipinski definition) is 2. The lowest BCUT2D eigenvalue weighted by Gasteiger charge is -2.14. The Morgan fingerprint density at radius 1 is 1.58 bits per heavy atom. The van der Waals surface area contributed by atoms with Gasteiger partial charge >= 0.3 is 6.03 Å². The first-order valence-corrected chi connectivity index (χ1v) is 3.60. The molecule has 12 heavy (non-hydrogen) atoms. The lowest BCUT2D eigenvalue weighted by atomic mass is 10.1. The molecule has 0 aromatic heterocycles. The highest BCUT2D eigenvalue weighted by molar-refractivity contribution is 5.97. The summed E-state index contributed by atoms with van der Waals surface area (Å²) in [6, 6.07) is -0.744. The van der Waals surface area contributed by atoms with E-state index in [1.165, 1.54) is 6.20 Å². The van der Waals surface area contributed by atoms with E-state index in [1.807, 2.05) is 0 Å². The third-order valence-electron chi connectivity index (χ3n) is 1.61. The minimum absolute atomic E-state index is 0.299. The summed E-state index contributed by atoms with van der Waals surface area (Å²) in [4.78, 5) is 22.9. The van der Waals surface area contributed by atoms with E-state index in [1.54, 1.807) is 25.2 Å². The highest BCUT2D eigenvalue weighted by Gasteiger charge is 2.21. The van der Waals surface area contributed by atoms with E-state index in [9.17, 15) is 9.59 Å². The zero-order valence-corrected chi connectivity index (χ0v) is 6.73. The monoisotopic (exact) mass is 166 g/mol. The molecule has 1 aliphatic heterocycles. The molecule has 0 spiro atoms. The molecule has 0 radical (unpaired) electrons. The number of allylic oxidation sites excluding steroid dienone is 2. The van der Waals surface area contributed by atoms with Crippen LogP contribution >= 0.6 is 0 Å². The molecule has 3 amide bonds. The number of rotatable bonds is 0. The van der Waals surface area contributed by atoms with Crippen molar-refractivity contribution in [2.75, 3.05) is 0 Å². The van der Waals surface area contributed by atoms with Crippen LogP contribution in [0.4, 0.5) is 4.79 Å². The number of nitrogens with zero attached hydrogens (tertiary/aromatic N) is 1. The molecule has 1 aliphatic rings. The summed E-state index contributed by atoms with van der Waals surface area (Å²) in [5.74, 6) is -0.597. The second-order valence-corrected chi connectivity index (χ2v) is 2.56. The first kappa shape index (κ1) is 8.52. The van der Waals surface area contributed by atoms with Crippen molar-refractivity contribution < 1.29 is 9.59 Å². The maximum absolute atomic E-state index is 11.3. The van der Waals surface area contributed by atoms with Crippen molar-refractivity contribution in [2.45, 2.75) is 6.92 Å². The van der Waals surface area contributed by atoms with Gasteiger partial charge in [-0.25, -0.2) is 9.69 Å². The van der Waals surface area contributed by atoms with Gasteiger partial charge in [-0.05, 0) is 6.08 Å². The molecule has 4 nitrogen and oxygen atoms in total. The first-order valence-electron chi connectivity index (χ1n) is 3.60. The third kappa shape index (κ3) is 1.53. The Kier molecular flexibility index (Phi) is 2.28. The maximum Gasteiger partial charge on any atom is 0.325 e. The molecule has 0 aromatic rings. The molecule has 0 bridgehead atoms. The van der Waals surface area contributed by atoms with Crippen molar-refractivity contribution >= 4 is 11.9 Å². The average molecular weight is 166 g/mol. The first-order chi connectivity index (χ1) is 5.63. The van der Waals surface area contributed by atoms with E-state index in [0.717, 1.165) is 4.90 Å². The number of primary amides is 1. The SMILES string of the molecule is CC1C=CC=CN(C(N)=O)C1=O. The summed E-state index contributed by atoms with van der Waals surface area (Å²) < 4.78 is 0. The molecule has 4 heteroatoms. The van der Waals surface area contributed by atoms with Gasteiger partial charge in [0.15, 0.2) is 0 Å². The fraction of sp³-hybridized carbons (Fsp3) is 0.250. The number of carbonyl (C=O) groups is 2. The highest BCUT2D eigenvalue weighted by Crippen LogP contribution is 2.08. The summed E-state index contributed by atoms with van der Waals surface area (Å²) in [5, 5.41) is 0. The zero-order chi connectivity index (χ0) is 9.14. The van der Waals surface area contributed by atoms with Crippen molar-refractivity contribution in [3.63, 3.8) is 0 Å². The van der Waals surface area contributed by atoms with E-state index in [0.29, 0.717) is 0 Å². The Bertz CT molecular complexity index is 268. The van der Waals surface area contributed by atoms with Crippen LogP contribution in [0.3, 0.4) is 0 Å². The van der Waals surface area contributed by atoms with Crippen LogP contribution in [0, 0.1) is 5.92 Å². The Labute approximate surface area is 70.3 Å². The largest absolute Gasteiger partial charge is 0.351 e. The Morgan fingerprint density at radius 2 is 2.25 bits per heavy atom. The van der Waals surface area contributed by atoms with Crippen LogP contribution in [0.5, 0.6) is 0 Å². The molecule has 0 aliphatic carbocycles. The molecular formula is C8H10N2O2. The maximum atomic E-state index is 11.3. The number of carbonyl (C=O) groups excluding carboxylic acids is 2. The fourth-order valence-corrected chi connectivity index (χ4v) is 0.924. The van der Waals surface area contributed by atoms with Crippen LogP contribution in [0.2, 0.25) is 0 Å². The predicted octanol–water partition coefficient (Wildman–Crippen LogP) is 0.613. The molecule has 0 saturated heterocycles. The number of hydrogen-bond donors (Lipinski definition) is 1. The molecule has 1 rings (SSSR count). The Morgan fingerprint density at radius 3 is 2.83 bits per heavy atom. The molecule has 0 saturated carbocycles. The molecule has 2 N–H and O–H groups in total. The third-order valence-corrected chi connectivity index (χ3v) is 1.61. The molecular weight excluding hydrogens is 156 g/mol. The van der Waals surface area contributed by atoms with Gasteiger partial charge < -0.3 is 5.73 Å². The van der Waals surface area contributed by atoms with Gasteiger partial charge in [0.2, 0.25) is 5.91 Å². The fourth-order valence-electron chi connectivity index (χ4n) is 0.924. The van der Waals surface area contributed by atoms with Gasteiger partial charge in [0.25, 0.3) is 0 Å². The molecule has 64 valence electrons. The van der Waals surface area contributed by atoms with Crippen molar-refractivity contribution in [2.24, 2.45) is 11.7 Å². The quantitative estimate of drug-likeness (QED) is 0.573. The predicted molar refractivity (Wildman–Crippen MR) is 43.9 cm³/mol. The van der Waals surface area contributed by atoms with Crippen LogP contribution < -0.4 is 5.73 Å². The van der Waals surface area contributed by atoms with Crippen LogP contribution in [0.25, 0.3) is 0 Å². The second-order valence-electron chi connectivity index (χ2n) is 2.56. The van der Waals surface area contributed by atoms with E-state index >= 15 is 0 Å². The Hall–Kier alpha value is -1.58. The topological polar surface area (TPSA) is 63.4 Å². The van der Waals surface area contributed by atoms with E-state index < -0.39 is 6.03 Å². The smallest absolute Gasteiger partial charge is 0.325 e. The zero-order valence-electron chi connectivity index (χ0n) is 6.73. The molecule has 0 fully saturated rings. The summed E-state index contributed by atoms with van der Waals surface area (Å²) >= 11 is 0. The van der Waals surface area contributed by atoms with E-state index in [2.05, 4.69) is 0 Å². The lowest BCUT2D eigenvalue weighted by molar-refractivity contribution is -0.128. The molecule has 1 atom stereocenters. The van der Waals surface area contributed by atoms with Crippen molar-refractivity contribution in [1.29, 1.82) is 0 Å². The number of amides is 3. The van der Waals surface area contributed by atoms with Gasteiger partial charge in [0.05, 0.1) is 5.92 Å². The lowest BCUT2D eigenvalue weighted by Crippen LogP contribution is -2.38. The number of imide groups is 1. The van der Waals surface area contributed by atoms with Crippen LogP contribution in [0.15, 0.2) is 24.4 Å². The second kappa shape index (κ2) is 3.21.